The fraction of sp³-hybridized carbons (Fsp3) is 0.500. The highest BCUT2D eigenvalue weighted by Crippen LogP contribution is 1.84. The molecule has 0 saturated heterocycles. The molecule has 1 heteroatoms. The van der Waals surface area contributed by atoms with Gasteiger partial charge in [0.1, 0.15) is 0 Å². The molecule has 30 valence electrons. The topological polar surface area (TPSA) is 0 Å². The molecule has 0 nitrogen and oxygen atoms in total. The molecule has 0 spiro atoms. The van der Waals surface area contributed by atoms with E-state index in [1.165, 1.54) is 6.08 Å². The number of hydrogen-bond donors (Lipinski definition) is 0. The van der Waals surface area contributed by atoms with Gasteiger partial charge in [-0.05, 0) is 6.37 Å². The van der Waals surface area contributed by atoms with Crippen LogP contribution in [-0.2, 0) is 0 Å². The molecule has 0 aromatic rings. The Morgan fingerprint density at radius 1 is 2.20 bits per heavy atom. The van der Waals surface area contributed by atoms with Crippen molar-refractivity contribution in [3.63, 3.8) is 0 Å². The van der Waals surface area contributed by atoms with E-state index >= 15 is 0 Å². The fourth-order valence-electron chi connectivity index (χ4n) is 0.0546. The van der Waals surface area contributed by atoms with E-state index in [0.717, 1.165) is 0 Å². The standard InChI is InChI=1S/C4H7Br/c1-2-3-4-5/h2H,1,3-4H2/i3D2. The summed E-state index contributed by atoms with van der Waals surface area (Å²) in [6, 6.07) is 0. The van der Waals surface area contributed by atoms with Gasteiger partial charge >= 0.3 is 0 Å². The van der Waals surface area contributed by atoms with Crippen LogP contribution in [0.3, 0.4) is 0 Å². The largest absolute Gasteiger partial charge is 0.103 e. The van der Waals surface area contributed by atoms with Crippen LogP contribution >= 0.6 is 15.9 Å². The van der Waals surface area contributed by atoms with Crippen molar-refractivity contribution >= 4 is 15.9 Å². The third-order valence-corrected chi connectivity index (χ3v) is 0.545. The van der Waals surface area contributed by atoms with E-state index in [4.69, 9.17) is 2.74 Å². The minimum Gasteiger partial charge on any atom is -0.103 e. The van der Waals surface area contributed by atoms with Crippen molar-refractivity contribution in [2.24, 2.45) is 0 Å². The van der Waals surface area contributed by atoms with Crippen LogP contribution in [0.1, 0.15) is 9.11 Å². The van der Waals surface area contributed by atoms with Gasteiger partial charge in [0.2, 0.25) is 0 Å². The number of halogens is 1. The SMILES string of the molecule is [2H]C([2H])(C=C)CBr. The summed E-state index contributed by atoms with van der Waals surface area (Å²) >= 11 is 2.98. The Hall–Kier alpha value is 0.220. The summed E-state index contributed by atoms with van der Waals surface area (Å²) in [6.45, 7) is 3.30. The second-order valence-electron chi connectivity index (χ2n) is 0.542. The van der Waals surface area contributed by atoms with Crippen molar-refractivity contribution in [2.45, 2.75) is 6.37 Å². The Labute approximate surface area is 43.8 Å². The number of hydrogen-bond acceptors (Lipinski definition) is 0. The van der Waals surface area contributed by atoms with Gasteiger partial charge in [-0.1, -0.05) is 22.0 Å². The molecule has 0 saturated carbocycles. The van der Waals surface area contributed by atoms with Crippen molar-refractivity contribution in [1.29, 1.82) is 0 Å². The molecule has 0 bridgehead atoms. The lowest BCUT2D eigenvalue weighted by molar-refractivity contribution is 1.27. The Bertz CT molecular complexity index is 70.1. The van der Waals surface area contributed by atoms with E-state index < -0.39 is 6.37 Å². The van der Waals surface area contributed by atoms with E-state index in [9.17, 15) is 0 Å². The zero-order valence-electron chi connectivity index (χ0n) is 4.87. The van der Waals surface area contributed by atoms with Crippen LogP contribution in [0.4, 0.5) is 0 Å². The fourth-order valence-corrected chi connectivity index (χ4v) is 0.283. The Morgan fingerprint density at radius 3 is 2.80 bits per heavy atom. The summed E-state index contributed by atoms with van der Waals surface area (Å²) < 4.78 is 13.9. The second kappa shape index (κ2) is 4.22. The molecule has 0 unspecified atom stereocenters. The zero-order chi connectivity index (χ0) is 5.91. The van der Waals surface area contributed by atoms with Crippen molar-refractivity contribution in [1.82, 2.24) is 0 Å². The second-order valence-corrected chi connectivity index (χ2v) is 1.10. The first-order valence-corrected chi connectivity index (χ1v) is 2.44. The Kier molecular flexibility index (Phi) is 2.03. The van der Waals surface area contributed by atoms with E-state index in [0.29, 0.717) is 5.33 Å². The highest BCUT2D eigenvalue weighted by molar-refractivity contribution is 9.09. The van der Waals surface area contributed by atoms with Gasteiger partial charge in [-0.25, -0.2) is 0 Å². The molecule has 0 aromatic heterocycles. The molecule has 0 atom stereocenters. The monoisotopic (exact) mass is 136 g/mol. The van der Waals surface area contributed by atoms with Gasteiger partial charge in [-0.3, -0.25) is 0 Å². The average Bonchev–Trinajstić information content (AvgIpc) is 1.68. The van der Waals surface area contributed by atoms with Crippen LogP contribution in [-0.4, -0.2) is 5.33 Å². The molecular weight excluding hydrogens is 128 g/mol. The summed E-state index contributed by atoms with van der Waals surface area (Å²) in [5.41, 5.74) is 0. The molecule has 0 aliphatic rings. The van der Waals surface area contributed by atoms with Crippen LogP contribution in [0.15, 0.2) is 12.7 Å². The first-order chi connectivity index (χ1) is 3.12. The predicted octanol–water partition coefficient (Wildman–Crippen LogP) is 1.96. The molecule has 0 aliphatic heterocycles. The average molecular weight is 137 g/mol. The molecule has 0 radical (unpaired) electrons. The van der Waals surface area contributed by atoms with E-state index in [2.05, 4.69) is 22.5 Å². The maximum atomic E-state index is 6.93. The summed E-state index contributed by atoms with van der Waals surface area (Å²) in [4.78, 5) is 0. The highest BCUT2D eigenvalue weighted by atomic mass is 79.9. The molecule has 0 rings (SSSR count). The lowest BCUT2D eigenvalue weighted by atomic mass is 10.5. The third-order valence-electron chi connectivity index (χ3n) is 0.221. The van der Waals surface area contributed by atoms with Crippen LogP contribution in [0.2, 0.25) is 0 Å². The number of rotatable bonds is 2. The van der Waals surface area contributed by atoms with Crippen LogP contribution in [0, 0.1) is 0 Å². The number of allylic oxidation sites excluding steroid dienone is 1. The van der Waals surface area contributed by atoms with E-state index in [-0.39, 0.29) is 0 Å². The lowest BCUT2D eigenvalue weighted by Gasteiger charge is -1.71. The molecule has 0 fully saturated rings. The quantitative estimate of drug-likeness (QED) is 0.403. The molecule has 0 amide bonds. The van der Waals surface area contributed by atoms with Crippen molar-refractivity contribution < 1.29 is 2.74 Å². The number of alkyl halides is 1. The summed E-state index contributed by atoms with van der Waals surface area (Å²) in [6.07, 6.45) is 0.0434. The van der Waals surface area contributed by atoms with Gasteiger partial charge < -0.3 is 0 Å². The van der Waals surface area contributed by atoms with Crippen LogP contribution in [0.5, 0.6) is 0 Å². The van der Waals surface area contributed by atoms with E-state index in [1.54, 1.807) is 0 Å². The third kappa shape index (κ3) is 4.22. The van der Waals surface area contributed by atoms with Crippen molar-refractivity contribution in [3.05, 3.63) is 12.7 Å². The maximum Gasteiger partial charge on any atom is 0.0318 e. The van der Waals surface area contributed by atoms with Crippen LogP contribution in [0.25, 0.3) is 0 Å². The minimum absolute atomic E-state index is 0.323. The molecule has 0 aliphatic carbocycles. The molecular formula is C4H7Br. The van der Waals surface area contributed by atoms with Gasteiger partial charge in [0.15, 0.2) is 0 Å². The lowest BCUT2D eigenvalue weighted by Crippen LogP contribution is -1.58. The Morgan fingerprint density at radius 2 is 2.80 bits per heavy atom. The summed E-state index contributed by atoms with van der Waals surface area (Å²) in [5.74, 6) is 0. The van der Waals surface area contributed by atoms with Gasteiger partial charge in [0.05, 0.1) is 0 Å². The smallest absolute Gasteiger partial charge is 0.0318 e. The normalized spacial score (nSPS) is 16.2. The predicted molar refractivity (Wildman–Crippen MR) is 28.6 cm³/mol. The van der Waals surface area contributed by atoms with Gasteiger partial charge in [-0.15, -0.1) is 6.58 Å². The van der Waals surface area contributed by atoms with Gasteiger partial charge in [0.25, 0.3) is 0 Å². The molecule has 0 aromatic carbocycles. The minimum atomic E-state index is -1.24. The summed E-state index contributed by atoms with van der Waals surface area (Å²) in [5, 5.41) is 0.323. The molecule has 0 heterocycles. The first kappa shape index (κ1) is 2.40. The first-order valence-electron chi connectivity index (χ1n) is 2.32. The summed E-state index contributed by atoms with van der Waals surface area (Å²) in [7, 11) is 0. The highest BCUT2D eigenvalue weighted by Gasteiger charge is 1.63. The van der Waals surface area contributed by atoms with Crippen molar-refractivity contribution in [3.8, 4) is 0 Å². The van der Waals surface area contributed by atoms with Gasteiger partial charge in [-0.2, -0.15) is 0 Å². The van der Waals surface area contributed by atoms with Gasteiger partial charge in [0, 0.05) is 8.07 Å². The molecule has 5 heavy (non-hydrogen) atoms. The molecule has 0 N–H and O–H groups in total. The van der Waals surface area contributed by atoms with Crippen molar-refractivity contribution in [2.75, 3.05) is 5.33 Å². The van der Waals surface area contributed by atoms with E-state index in [1.807, 2.05) is 0 Å². The van der Waals surface area contributed by atoms with Crippen LogP contribution < -0.4 is 0 Å². The zero-order valence-corrected chi connectivity index (χ0v) is 4.46. The Balaban J connectivity index is 3.58. The maximum absolute atomic E-state index is 6.93.